The lowest BCUT2D eigenvalue weighted by molar-refractivity contribution is -0.144. The molecule has 24 heavy (non-hydrogen) atoms. The van der Waals surface area contributed by atoms with Crippen LogP contribution in [0.3, 0.4) is 0 Å². The number of nitrogens with zero attached hydrogens (tertiary/aromatic N) is 1. The fraction of sp³-hybridized carbons (Fsp3) is 0.133. The largest absolute Gasteiger partial charge is 0.449 e. The summed E-state index contributed by atoms with van der Waals surface area (Å²) < 4.78 is 65.4. The molecule has 5 nitrogen and oxygen atoms in total. The number of hydrogen-bond donors (Lipinski definition) is 2. The molecule has 0 radical (unpaired) electrons. The van der Waals surface area contributed by atoms with Crippen LogP contribution in [-0.2, 0) is 16.2 Å². The molecule has 1 aromatic heterocycles. The van der Waals surface area contributed by atoms with Crippen LogP contribution in [0.1, 0.15) is 11.4 Å². The van der Waals surface area contributed by atoms with Crippen molar-refractivity contribution < 1.29 is 21.6 Å². The minimum Gasteiger partial charge on any atom is -0.334 e. The Morgan fingerprint density at radius 3 is 2.38 bits per heavy atom. The first-order valence-electron chi connectivity index (χ1n) is 6.82. The Hall–Kier alpha value is -2.55. The molecule has 126 valence electrons. The van der Waals surface area contributed by atoms with Gasteiger partial charge >= 0.3 is 6.18 Å². The Bertz CT molecular complexity index is 993. The molecule has 0 spiro atoms. The molecular formula is C15H12F3N3O2S. The number of imidazole rings is 1. The van der Waals surface area contributed by atoms with Crippen LogP contribution in [0.2, 0.25) is 0 Å². The molecule has 2 aromatic carbocycles. The van der Waals surface area contributed by atoms with E-state index in [1.807, 2.05) is 6.92 Å². The summed E-state index contributed by atoms with van der Waals surface area (Å²) in [6, 6.07) is 10.3. The van der Waals surface area contributed by atoms with E-state index in [-0.39, 0.29) is 21.6 Å². The molecule has 0 fully saturated rings. The van der Waals surface area contributed by atoms with Gasteiger partial charge in [0.25, 0.3) is 10.0 Å². The van der Waals surface area contributed by atoms with Crippen LogP contribution in [0.4, 0.5) is 18.9 Å². The van der Waals surface area contributed by atoms with E-state index < -0.39 is 22.0 Å². The highest BCUT2D eigenvalue weighted by atomic mass is 32.2. The van der Waals surface area contributed by atoms with Crippen molar-refractivity contribution in [1.29, 1.82) is 0 Å². The minimum atomic E-state index is -4.65. The van der Waals surface area contributed by atoms with Gasteiger partial charge in [-0.1, -0.05) is 23.8 Å². The van der Waals surface area contributed by atoms with Gasteiger partial charge in [-0.15, -0.1) is 0 Å². The van der Waals surface area contributed by atoms with Gasteiger partial charge in [0.2, 0.25) is 5.82 Å². The number of hydrogen-bond acceptors (Lipinski definition) is 3. The summed E-state index contributed by atoms with van der Waals surface area (Å²) in [5.74, 6) is -1.18. The zero-order valence-corrected chi connectivity index (χ0v) is 13.2. The number of rotatable bonds is 3. The van der Waals surface area contributed by atoms with Gasteiger partial charge in [0.15, 0.2) is 0 Å². The molecule has 0 aliphatic rings. The number of H-pyrrole nitrogens is 1. The van der Waals surface area contributed by atoms with Crippen molar-refractivity contribution in [2.45, 2.75) is 18.0 Å². The third kappa shape index (κ3) is 3.07. The summed E-state index contributed by atoms with van der Waals surface area (Å²) in [4.78, 5) is 5.62. The molecule has 0 aliphatic heterocycles. The van der Waals surface area contributed by atoms with Crippen molar-refractivity contribution in [1.82, 2.24) is 9.97 Å². The number of aromatic nitrogens is 2. The molecule has 0 saturated heterocycles. The SMILES string of the molecule is Cc1ccc(S(=O)(=O)Nc2cccc3[nH]c(C(F)(F)F)nc23)cc1. The molecule has 9 heteroatoms. The van der Waals surface area contributed by atoms with E-state index in [1.54, 1.807) is 12.1 Å². The maximum absolute atomic E-state index is 12.8. The highest BCUT2D eigenvalue weighted by molar-refractivity contribution is 7.92. The van der Waals surface area contributed by atoms with Gasteiger partial charge in [-0.05, 0) is 31.2 Å². The average Bonchev–Trinajstić information content (AvgIpc) is 2.93. The van der Waals surface area contributed by atoms with Crippen molar-refractivity contribution >= 4 is 26.7 Å². The second-order valence-electron chi connectivity index (χ2n) is 5.20. The standard InChI is InChI=1S/C15H12F3N3O2S/c1-9-5-7-10(8-6-9)24(22,23)21-12-4-2-3-11-13(12)20-14(19-11)15(16,17)18/h2-8,21H,1H3,(H,19,20). The Labute approximate surface area is 135 Å². The highest BCUT2D eigenvalue weighted by Gasteiger charge is 2.35. The third-order valence-corrected chi connectivity index (χ3v) is 4.74. The normalized spacial score (nSPS) is 12.5. The molecule has 2 N–H and O–H groups in total. The van der Waals surface area contributed by atoms with Crippen LogP contribution in [-0.4, -0.2) is 18.4 Å². The van der Waals surface area contributed by atoms with Crippen LogP contribution >= 0.6 is 0 Å². The first-order chi connectivity index (χ1) is 11.2. The zero-order valence-electron chi connectivity index (χ0n) is 12.3. The second-order valence-corrected chi connectivity index (χ2v) is 6.89. The molecular weight excluding hydrogens is 343 g/mol. The summed E-state index contributed by atoms with van der Waals surface area (Å²) in [6.45, 7) is 1.81. The number of halogens is 3. The molecule has 0 atom stereocenters. The minimum absolute atomic E-state index is 0.0108. The van der Waals surface area contributed by atoms with Crippen molar-refractivity contribution in [3.8, 4) is 0 Å². The van der Waals surface area contributed by atoms with Crippen molar-refractivity contribution in [3.05, 3.63) is 53.9 Å². The molecule has 0 amide bonds. The molecule has 1 heterocycles. The number of anilines is 1. The predicted octanol–water partition coefficient (Wildman–Crippen LogP) is 3.69. The quantitative estimate of drug-likeness (QED) is 0.752. The summed E-state index contributed by atoms with van der Waals surface area (Å²) in [7, 11) is -3.93. The van der Waals surface area contributed by atoms with Crippen molar-refractivity contribution in [2.75, 3.05) is 4.72 Å². The van der Waals surface area contributed by atoms with Crippen LogP contribution < -0.4 is 4.72 Å². The van der Waals surface area contributed by atoms with Gasteiger partial charge < -0.3 is 4.98 Å². The monoisotopic (exact) mass is 355 g/mol. The Morgan fingerprint density at radius 2 is 1.75 bits per heavy atom. The number of benzene rings is 2. The maximum atomic E-state index is 12.8. The van der Waals surface area contributed by atoms with E-state index in [9.17, 15) is 21.6 Å². The Morgan fingerprint density at radius 1 is 1.08 bits per heavy atom. The number of sulfonamides is 1. The summed E-state index contributed by atoms with van der Waals surface area (Å²) >= 11 is 0. The number of aromatic amines is 1. The number of fused-ring (bicyclic) bond motifs is 1. The van der Waals surface area contributed by atoms with E-state index in [0.717, 1.165) is 5.56 Å². The first-order valence-corrected chi connectivity index (χ1v) is 8.30. The van der Waals surface area contributed by atoms with Crippen molar-refractivity contribution in [3.63, 3.8) is 0 Å². The van der Waals surface area contributed by atoms with Crippen LogP contribution in [0.15, 0.2) is 47.4 Å². The first kappa shape index (κ1) is 16.3. The zero-order chi connectivity index (χ0) is 17.5. The molecule has 3 rings (SSSR count). The molecule has 0 aliphatic carbocycles. The maximum Gasteiger partial charge on any atom is 0.449 e. The van der Waals surface area contributed by atoms with E-state index in [4.69, 9.17) is 0 Å². The number of para-hydroxylation sites is 1. The molecule has 0 unspecified atom stereocenters. The van der Waals surface area contributed by atoms with E-state index >= 15 is 0 Å². The van der Waals surface area contributed by atoms with Gasteiger partial charge in [0.05, 0.1) is 16.1 Å². The Balaban J connectivity index is 2.03. The third-order valence-electron chi connectivity index (χ3n) is 3.36. The fourth-order valence-electron chi connectivity index (χ4n) is 2.17. The topological polar surface area (TPSA) is 74.8 Å². The average molecular weight is 355 g/mol. The van der Waals surface area contributed by atoms with Crippen LogP contribution in [0.25, 0.3) is 11.0 Å². The molecule has 0 bridgehead atoms. The Kier molecular flexibility index (Phi) is 3.75. The lowest BCUT2D eigenvalue weighted by Gasteiger charge is -2.08. The van der Waals surface area contributed by atoms with Gasteiger partial charge in [-0.2, -0.15) is 13.2 Å². The van der Waals surface area contributed by atoms with Crippen LogP contribution in [0.5, 0.6) is 0 Å². The van der Waals surface area contributed by atoms with Gasteiger partial charge in [0, 0.05) is 0 Å². The lowest BCUT2D eigenvalue weighted by atomic mass is 10.2. The lowest BCUT2D eigenvalue weighted by Crippen LogP contribution is -2.13. The highest BCUT2D eigenvalue weighted by Crippen LogP contribution is 2.31. The van der Waals surface area contributed by atoms with E-state index in [1.165, 1.54) is 30.3 Å². The molecule has 0 saturated carbocycles. The summed E-state index contributed by atoms with van der Waals surface area (Å²) in [5.41, 5.74) is 0.852. The van der Waals surface area contributed by atoms with E-state index in [2.05, 4.69) is 14.7 Å². The smallest absolute Gasteiger partial charge is 0.334 e. The summed E-state index contributed by atoms with van der Waals surface area (Å²) in [5, 5.41) is 0. The van der Waals surface area contributed by atoms with Gasteiger partial charge in [-0.3, -0.25) is 4.72 Å². The fourth-order valence-corrected chi connectivity index (χ4v) is 3.24. The predicted molar refractivity (Wildman–Crippen MR) is 83.1 cm³/mol. The van der Waals surface area contributed by atoms with Crippen molar-refractivity contribution in [2.24, 2.45) is 0 Å². The van der Waals surface area contributed by atoms with E-state index in [0.29, 0.717) is 0 Å². The second kappa shape index (κ2) is 5.52. The molecule has 3 aromatic rings. The van der Waals surface area contributed by atoms with Gasteiger partial charge in [0.1, 0.15) is 5.52 Å². The van der Waals surface area contributed by atoms with Crippen LogP contribution in [0, 0.1) is 6.92 Å². The number of alkyl halides is 3. The number of aryl methyl sites for hydroxylation is 1. The summed E-state index contributed by atoms with van der Waals surface area (Å²) in [6.07, 6.45) is -4.65. The number of nitrogens with one attached hydrogen (secondary N) is 2. The van der Waals surface area contributed by atoms with Gasteiger partial charge in [-0.25, -0.2) is 13.4 Å².